The van der Waals surface area contributed by atoms with Crippen molar-refractivity contribution in [1.82, 2.24) is 0 Å². The Hall–Kier alpha value is -1.74. The lowest BCUT2D eigenvalue weighted by molar-refractivity contribution is 0.209. The fourth-order valence-corrected chi connectivity index (χ4v) is 2.29. The molecule has 1 heterocycles. The van der Waals surface area contributed by atoms with E-state index < -0.39 is 5.82 Å². The van der Waals surface area contributed by atoms with Crippen LogP contribution < -0.4 is 10.1 Å². The van der Waals surface area contributed by atoms with E-state index in [0.717, 1.165) is 11.3 Å². The number of hydrogen-bond acceptors (Lipinski definition) is 2. The van der Waals surface area contributed by atoms with Crippen LogP contribution >= 0.6 is 11.6 Å². The number of hydrogen-bond donors (Lipinski definition) is 1. The molecule has 0 spiro atoms. The van der Waals surface area contributed by atoms with Gasteiger partial charge in [0, 0.05) is 6.07 Å². The van der Waals surface area contributed by atoms with Gasteiger partial charge < -0.3 is 10.1 Å². The molecule has 19 heavy (non-hydrogen) atoms. The van der Waals surface area contributed by atoms with Gasteiger partial charge in [-0.2, -0.15) is 0 Å². The zero-order valence-corrected chi connectivity index (χ0v) is 11.2. The van der Waals surface area contributed by atoms with Crippen molar-refractivity contribution < 1.29 is 9.13 Å². The van der Waals surface area contributed by atoms with E-state index in [2.05, 4.69) is 5.32 Å². The molecule has 0 bridgehead atoms. The maximum Gasteiger partial charge on any atom is 0.146 e. The van der Waals surface area contributed by atoms with Crippen molar-refractivity contribution in [2.45, 2.75) is 13.0 Å². The van der Waals surface area contributed by atoms with Crippen LogP contribution in [0.5, 0.6) is 5.75 Å². The summed E-state index contributed by atoms with van der Waals surface area (Å²) in [6, 6.07) is 11.0. The quantitative estimate of drug-likeness (QED) is 0.837. The lowest BCUT2D eigenvalue weighted by Gasteiger charge is -2.28. The lowest BCUT2D eigenvalue weighted by atomic mass is 10.1. The number of benzene rings is 2. The Morgan fingerprint density at radius 1 is 1.26 bits per heavy atom. The van der Waals surface area contributed by atoms with Gasteiger partial charge in [0.1, 0.15) is 17.7 Å². The van der Waals surface area contributed by atoms with E-state index in [-0.39, 0.29) is 11.1 Å². The van der Waals surface area contributed by atoms with Gasteiger partial charge in [0.2, 0.25) is 0 Å². The standard InChI is InChI=1S/C15H13ClFNO/c1-9-2-4-10(5-3-9)15-8-18-13-6-11(16)12(17)7-14(13)19-15/h2-7,15,18H,8H2,1H3. The molecule has 3 rings (SSSR count). The topological polar surface area (TPSA) is 21.3 Å². The zero-order valence-electron chi connectivity index (χ0n) is 10.4. The first-order valence-corrected chi connectivity index (χ1v) is 6.47. The fourth-order valence-electron chi connectivity index (χ4n) is 2.13. The summed E-state index contributed by atoms with van der Waals surface area (Å²) < 4.78 is 19.3. The van der Waals surface area contributed by atoms with Crippen molar-refractivity contribution in [3.05, 3.63) is 58.4 Å². The van der Waals surface area contributed by atoms with Crippen LogP contribution in [-0.4, -0.2) is 6.54 Å². The van der Waals surface area contributed by atoms with Crippen LogP contribution in [-0.2, 0) is 0 Å². The fraction of sp³-hybridized carbons (Fsp3) is 0.200. The van der Waals surface area contributed by atoms with Gasteiger partial charge in [0.25, 0.3) is 0 Å². The minimum Gasteiger partial charge on any atom is -0.482 e. The SMILES string of the molecule is Cc1ccc(C2CNc3cc(Cl)c(F)cc3O2)cc1. The van der Waals surface area contributed by atoms with Crippen LogP contribution in [0, 0.1) is 12.7 Å². The van der Waals surface area contributed by atoms with E-state index in [9.17, 15) is 4.39 Å². The van der Waals surface area contributed by atoms with Crippen LogP contribution in [0.1, 0.15) is 17.2 Å². The number of fused-ring (bicyclic) bond motifs is 1. The second-order valence-corrected chi connectivity index (χ2v) is 5.07. The molecule has 0 aromatic heterocycles. The maximum absolute atomic E-state index is 13.4. The Kier molecular flexibility index (Phi) is 3.07. The molecule has 0 saturated carbocycles. The summed E-state index contributed by atoms with van der Waals surface area (Å²) in [6.07, 6.45) is -0.117. The highest BCUT2D eigenvalue weighted by Gasteiger charge is 2.22. The minimum absolute atomic E-state index is 0.101. The number of ether oxygens (including phenoxy) is 1. The summed E-state index contributed by atoms with van der Waals surface area (Å²) in [5.74, 6) is 0.0329. The smallest absolute Gasteiger partial charge is 0.146 e. The number of rotatable bonds is 1. The number of aryl methyl sites for hydroxylation is 1. The number of nitrogens with one attached hydrogen (secondary N) is 1. The van der Waals surface area contributed by atoms with Crippen LogP contribution in [0.2, 0.25) is 5.02 Å². The van der Waals surface area contributed by atoms with E-state index in [1.165, 1.54) is 11.6 Å². The highest BCUT2D eigenvalue weighted by Crippen LogP contribution is 2.37. The molecule has 0 amide bonds. The summed E-state index contributed by atoms with van der Waals surface area (Å²) in [7, 11) is 0. The maximum atomic E-state index is 13.4. The molecule has 1 unspecified atom stereocenters. The van der Waals surface area contributed by atoms with Gasteiger partial charge in [-0.05, 0) is 18.6 Å². The third-order valence-corrected chi connectivity index (χ3v) is 3.51. The van der Waals surface area contributed by atoms with Crippen molar-refractivity contribution in [1.29, 1.82) is 0 Å². The molecule has 1 aliphatic rings. The number of halogens is 2. The Morgan fingerprint density at radius 2 is 2.00 bits per heavy atom. The molecule has 4 heteroatoms. The third-order valence-electron chi connectivity index (χ3n) is 3.22. The second-order valence-electron chi connectivity index (χ2n) is 4.66. The summed E-state index contributed by atoms with van der Waals surface area (Å²) in [5, 5.41) is 3.32. The highest BCUT2D eigenvalue weighted by molar-refractivity contribution is 6.31. The van der Waals surface area contributed by atoms with Crippen molar-refractivity contribution >= 4 is 17.3 Å². The van der Waals surface area contributed by atoms with Gasteiger partial charge in [-0.15, -0.1) is 0 Å². The molecule has 1 aliphatic heterocycles. The predicted molar refractivity (Wildman–Crippen MR) is 74.4 cm³/mol. The van der Waals surface area contributed by atoms with Crippen molar-refractivity contribution in [3.63, 3.8) is 0 Å². The van der Waals surface area contributed by atoms with Crippen LogP contribution in [0.3, 0.4) is 0 Å². The van der Waals surface area contributed by atoms with E-state index in [1.54, 1.807) is 6.07 Å². The molecule has 1 N–H and O–H groups in total. The molecule has 0 saturated heterocycles. The van der Waals surface area contributed by atoms with Gasteiger partial charge >= 0.3 is 0 Å². The Labute approximate surface area is 116 Å². The molecule has 0 fully saturated rings. The monoisotopic (exact) mass is 277 g/mol. The van der Waals surface area contributed by atoms with Crippen LogP contribution in [0.15, 0.2) is 36.4 Å². The second kappa shape index (κ2) is 4.74. The van der Waals surface area contributed by atoms with E-state index in [1.807, 2.05) is 31.2 Å². The first-order chi connectivity index (χ1) is 9.13. The van der Waals surface area contributed by atoms with E-state index >= 15 is 0 Å². The Morgan fingerprint density at radius 3 is 2.74 bits per heavy atom. The third kappa shape index (κ3) is 2.38. The summed E-state index contributed by atoms with van der Waals surface area (Å²) in [5.41, 5.74) is 3.00. The molecule has 98 valence electrons. The molecule has 0 radical (unpaired) electrons. The highest BCUT2D eigenvalue weighted by atomic mass is 35.5. The number of anilines is 1. The molecule has 2 aromatic rings. The molecular weight excluding hydrogens is 265 g/mol. The van der Waals surface area contributed by atoms with Crippen molar-refractivity contribution in [3.8, 4) is 5.75 Å². The zero-order chi connectivity index (χ0) is 13.4. The molecular formula is C15H13ClFNO. The van der Waals surface area contributed by atoms with Gasteiger partial charge in [-0.25, -0.2) is 4.39 Å². The Balaban J connectivity index is 1.89. The van der Waals surface area contributed by atoms with E-state index in [0.29, 0.717) is 12.3 Å². The summed E-state index contributed by atoms with van der Waals surface area (Å²) in [6.45, 7) is 2.68. The molecule has 1 atom stereocenters. The van der Waals surface area contributed by atoms with Gasteiger partial charge in [-0.3, -0.25) is 0 Å². The molecule has 2 nitrogen and oxygen atoms in total. The van der Waals surface area contributed by atoms with Gasteiger partial charge in [0.05, 0.1) is 17.3 Å². The van der Waals surface area contributed by atoms with Crippen LogP contribution in [0.25, 0.3) is 0 Å². The summed E-state index contributed by atoms with van der Waals surface area (Å²) >= 11 is 5.75. The molecule has 0 aliphatic carbocycles. The Bertz CT molecular complexity index is 612. The van der Waals surface area contributed by atoms with E-state index in [4.69, 9.17) is 16.3 Å². The predicted octanol–water partition coefficient (Wildman–Crippen LogP) is 4.33. The largest absolute Gasteiger partial charge is 0.482 e. The van der Waals surface area contributed by atoms with Crippen molar-refractivity contribution in [2.75, 3.05) is 11.9 Å². The van der Waals surface area contributed by atoms with Crippen molar-refractivity contribution in [2.24, 2.45) is 0 Å². The van der Waals surface area contributed by atoms with Crippen LogP contribution in [0.4, 0.5) is 10.1 Å². The average Bonchev–Trinajstić information content (AvgIpc) is 2.40. The molecule has 2 aromatic carbocycles. The summed E-state index contributed by atoms with van der Waals surface area (Å²) in [4.78, 5) is 0. The average molecular weight is 278 g/mol. The first kappa shape index (κ1) is 12.3. The normalized spacial score (nSPS) is 17.3. The first-order valence-electron chi connectivity index (χ1n) is 6.09. The van der Waals surface area contributed by atoms with Gasteiger partial charge in [-0.1, -0.05) is 41.4 Å². The van der Waals surface area contributed by atoms with Gasteiger partial charge in [0.15, 0.2) is 0 Å². The lowest BCUT2D eigenvalue weighted by Crippen LogP contribution is -2.23. The minimum atomic E-state index is -0.466.